The Morgan fingerprint density at radius 1 is 1.50 bits per heavy atom. The Balaban J connectivity index is 2.77. The van der Waals surface area contributed by atoms with Gasteiger partial charge in [0.1, 0.15) is 6.17 Å². The summed E-state index contributed by atoms with van der Waals surface area (Å²) in [7, 11) is 0. The Morgan fingerprint density at radius 2 is 2.10 bits per heavy atom. The molecule has 2 unspecified atom stereocenters. The molecule has 0 saturated carbocycles. The van der Waals surface area contributed by atoms with Gasteiger partial charge < -0.3 is 0 Å². The summed E-state index contributed by atoms with van der Waals surface area (Å²) in [6, 6.07) is 0. The van der Waals surface area contributed by atoms with Crippen LogP contribution in [-0.2, 0) is 0 Å². The van der Waals surface area contributed by atoms with Crippen LogP contribution in [0.5, 0.6) is 0 Å². The molecule has 0 nitrogen and oxygen atoms in total. The minimum absolute atomic E-state index is 0.110. The van der Waals surface area contributed by atoms with Crippen molar-refractivity contribution in [3.05, 3.63) is 11.4 Å². The molecule has 0 fully saturated rings. The van der Waals surface area contributed by atoms with Crippen LogP contribution in [0.2, 0.25) is 0 Å². The molecule has 58 valence electrons. The lowest BCUT2D eigenvalue weighted by molar-refractivity contribution is 0.226. The smallest absolute Gasteiger partial charge is 0.107 e. The van der Waals surface area contributed by atoms with Crippen LogP contribution in [0, 0.1) is 5.92 Å². The van der Waals surface area contributed by atoms with Crippen molar-refractivity contribution in [2.75, 3.05) is 0 Å². The molecule has 2 heteroatoms. The van der Waals surface area contributed by atoms with E-state index < -0.39 is 6.17 Å². The first kappa shape index (κ1) is 7.70. The van der Waals surface area contributed by atoms with E-state index in [9.17, 15) is 8.78 Å². The van der Waals surface area contributed by atoms with Gasteiger partial charge in [0.25, 0.3) is 0 Å². The van der Waals surface area contributed by atoms with Crippen molar-refractivity contribution in [2.24, 2.45) is 5.92 Å². The Morgan fingerprint density at radius 3 is 2.60 bits per heavy atom. The highest BCUT2D eigenvalue weighted by Crippen LogP contribution is 2.32. The lowest BCUT2D eigenvalue weighted by atomic mass is 9.88. The summed E-state index contributed by atoms with van der Waals surface area (Å²) in [6.45, 7) is 3.41. The SMILES string of the molecule is CC1=C(F)CCC(F)C1C. The third kappa shape index (κ3) is 1.20. The number of rotatable bonds is 0. The van der Waals surface area contributed by atoms with Crippen molar-refractivity contribution in [1.29, 1.82) is 0 Å². The van der Waals surface area contributed by atoms with Crippen molar-refractivity contribution in [3.63, 3.8) is 0 Å². The zero-order valence-electron chi connectivity index (χ0n) is 6.32. The van der Waals surface area contributed by atoms with E-state index in [1.807, 2.05) is 0 Å². The lowest BCUT2D eigenvalue weighted by Crippen LogP contribution is -2.18. The molecule has 0 bridgehead atoms. The number of halogens is 2. The quantitative estimate of drug-likeness (QED) is 0.492. The molecule has 0 N–H and O–H groups in total. The van der Waals surface area contributed by atoms with Gasteiger partial charge in [-0.1, -0.05) is 6.92 Å². The van der Waals surface area contributed by atoms with Gasteiger partial charge in [-0.05, 0) is 18.9 Å². The van der Waals surface area contributed by atoms with Crippen molar-refractivity contribution in [3.8, 4) is 0 Å². The third-order valence-corrected chi connectivity index (χ3v) is 2.29. The molecule has 0 aliphatic heterocycles. The maximum Gasteiger partial charge on any atom is 0.107 e. The zero-order chi connectivity index (χ0) is 7.72. The van der Waals surface area contributed by atoms with E-state index in [-0.39, 0.29) is 18.2 Å². The van der Waals surface area contributed by atoms with Crippen LogP contribution in [0.15, 0.2) is 11.4 Å². The molecule has 1 aliphatic carbocycles. The number of hydrogen-bond acceptors (Lipinski definition) is 0. The Labute approximate surface area is 59.9 Å². The van der Waals surface area contributed by atoms with E-state index in [1.165, 1.54) is 0 Å². The van der Waals surface area contributed by atoms with Gasteiger partial charge >= 0.3 is 0 Å². The largest absolute Gasteiger partial charge is 0.247 e. The average molecular weight is 146 g/mol. The average Bonchev–Trinajstić information content (AvgIpc) is 1.93. The van der Waals surface area contributed by atoms with Crippen LogP contribution < -0.4 is 0 Å². The highest BCUT2D eigenvalue weighted by Gasteiger charge is 2.25. The van der Waals surface area contributed by atoms with Crippen LogP contribution >= 0.6 is 0 Å². The molecule has 0 aromatic carbocycles. The standard InChI is InChI=1S/C8H12F2/c1-5-6(2)8(10)4-3-7(5)9/h5,7H,3-4H2,1-2H3. The van der Waals surface area contributed by atoms with Gasteiger partial charge in [-0.3, -0.25) is 0 Å². The van der Waals surface area contributed by atoms with Crippen LogP contribution in [0.1, 0.15) is 26.7 Å². The monoisotopic (exact) mass is 146 g/mol. The Bertz CT molecular complexity index is 161. The van der Waals surface area contributed by atoms with Crippen molar-refractivity contribution in [2.45, 2.75) is 32.9 Å². The second kappa shape index (κ2) is 2.69. The molecular weight excluding hydrogens is 134 g/mol. The summed E-state index contributed by atoms with van der Waals surface area (Å²) in [4.78, 5) is 0. The van der Waals surface area contributed by atoms with Crippen LogP contribution in [0.4, 0.5) is 8.78 Å². The normalized spacial score (nSPS) is 34.8. The van der Waals surface area contributed by atoms with Gasteiger partial charge in [0.15, 0.2) is 0 Å². The molecule has 0 amide bonds. The van der Waals surface area contributed by atoms with Crippen LogP contribution in [0.3, 0.4) is 0 Å². The summed E-state index contributed by atoms with van der Waals surface area (Å²) in [5.74, 6) is -0.324. The fourth-order valence-electron chi connectivity index (χ4n) is 1.23. The van der Waals surface area contributed by atoms with Crippen LogP contribution in [0.25, 0.3) is 0 Å². The molecule has 1 rings (SSSR count). The molecule has 0 heterocycles. The highest BCUT2D eigenvalue weighted by molar-refractivity contribution is 5.13. The second-order valence-corrected chi connectivity index (χ2v) is 2.93. The minimum atomic E-state index is -0.834. The van der Waals surface area contributed by atoms with E-state index in [0.29, 0.717) is 12.0 Å². The summed E-state index contributed by atoms with van der Waals surface area (Å²) < 4.78 is 25.5. The molecule has 0 aromatic rings. The van der Waals surface area contributed by atoms with Gasteiger partial charge in [0.05, 0.1) is 5.83 Å². The molecule has 0 aromatic heterocycles. The summed E-state index contributed by atoms with van der Waals surface area (Å²) in [5.41, 5.74) is 0.596. The number of allylic oxidation sites excluding steroid dienone is 2. The van der Waals surface area contributed by atoms with Crippen LogP contribution in [-0.4, -0.2) is 6.17 Å². The first-order valence-electron chi connectivity index (χ1n) is 3.62. The van der Waals surface area contributed by atoms with Gasteiger partial charge in [0, 0.05) is 12.3 Å². The molecule has 0 spiro atoms. The van der Waals surface area contributed by atoms with Gasteiger partial charge in [-0.25, -0.2) is 8.78 Å². The first-order chi connectivity index (χ1) is 4.63. The molecular formula is C8H12F2. The Kier molecular flexibility index (Phi) is 2.07. The summed E-state index contributed by atoms with van der Waals surface area (Å²) >= 11 is 0. The van der Waals surface area contributed by atoms with Gasteiger partial charge in [-0.2, -0.15) is 0 Å². The minimum Gasteiger partial charge on any atom is -0.247 e. The van der Waals surface area contributed by atoms with E-state index in [0.717, 1.165) is 0 Å². The molecule has 0 saturated heterocycles. The van der Waals surface area contributed by atoms with Crippen molar-refractivity contribution in [1.82, 2.24) is 0 Å². The van der Waals surface area contributed by atoms with E-state index in [4.69, 9.17) is 0 Å². The maximum atomic E-state index is 12.8. The third-order valence-electron chi connectivity index (χ3n) is 2.29. The van der Waals surface area contributed by atoms with Gasteiger partial charge in [0.2, 0.25) is 0 Å². The molecule has 0 radical (unpaired) electrons. The summed E-state index contributed by atoms with van der Waals surface area (Å²) in [6.07, 6.45) is -0.193. The Hall–Kier alpha value is -0.400. The van der Waals surface area contributed by atoms with Crippen molar-refractivity contribution >= 4 is 0 Å². The van der Waals surface area contributed by atoms with Crippen molar-refractivity contribution < 1.29 is 8.78 Å². The molecule has 1 aliphatic rings. The predicted octanol–water partition coefficient (Wildman–Crippen LogP) is 3.00. The zero-order valence-corrected chi connectivity index (χ0v) is 6.32. The maximum absolute atomic E-state index is 12.8. The molecule has 2 atom stereocenters. The van der Waals surface area contributed by atoms with Gasteiger partial charge in [-0.15, -0.1) is 0 Å². The fraction of sp³-hybridized carbons (Fsp3) is 0.750. The lowest BCUT2D eigenvalue weighted by Gasteiger charge is -2.22. The predicted molar refractivity (Wildman–Crippen MR) is 37.1 cm³/mol. The highest BCUT2D eigenvalue weighted by atomic mass is 19.1. The van der Waals surface area contributed by atoms with E-state index >= 15 is 0 Å². The fourth-order valence-corrected chi connectivity index (χ4v) is 1.23. The number of alkyl halides is 1. The van der Waals surface area contributed by atoms with E-state index in [2.05, 4.69) is 0 Å². The second-order valence-electron chi connectivity index (χ2n) is 2.93. The number of hydrogen-bond donors (Lipinski definition) is 0. The van der Waals surface area contributed by atoms with E-state index in [1.54, 1.807) is 13.8 Å². The summed E-state index contributed by atoms with van der Waals surface area (Å²) in [5, 5.41) is 0. The molecule has 10 heavy (non-hydrogen) atoms. The first-order valence-corrected chi connectivity index (χ1v) is 3.62. The topological polar surface area (TPSA) is 0 Å².